The second-order valence-corrected chi connectivity index (χ2v) is 9.01. The summed E-state index contributed by atoms with van der Waals surface area (Å²) in [6, 6.07) is 1.55. The third kappa shape index (κ3) is 2.87. The van der Waals surface area contributed by atoms with Gasteiger partial charge in [-0.3, -0.25) is 24.1 Å². The van der Waals surface area contributed by atoms with Crippen molar-refractivity contribution in [2.45, 2.75) is 31.4 Å². The first-order valence-corrected chi connectivity index (χ1v) is 10.3. The van der Waals surface area contributed by atoms with Crippen LogP contribution in [0.15, 0.2) is 34.8 Å². The van der Waals surface area contributed by atoms with Gasteiger partial charge < -0.3 is 26.2 Å². The number of ketones is 3. The Kier molecular flexibility index (Phi) is 4.99. The summed E-state index contributed by atoms with van der Waals surface area (Å²) < 4.78 is 0. The predicted molar refractivity (Wildman–Crippen MR) is 114 cm³/mol. The highest BCUT2D eigenvalue weighted by atomic mass is 16.3. The molecule has 0 saturated carbocycles. The summed E-state index contributed by atoms with van der Waals surface area (Å²) in [6.45, 7) is 1.33. The standard InChI is InChI=1S/C23H24N2O8/c1-8(26)10-4-5-13(27)15-11(10)6-9-7-12-17(25(2)3)19(29)16(22(24)32)21(31)23(12,33)20(30)14(9)18(15)28/h4-5,9,12,17,27,29-30,33H,6-7H2,1-3H3,(H2,24,32)/t9-,12-,17-,23-/m1/s1. The Hall–Kier alpha value is -3.50. The van der Waals surface area contributed by atoms with Crippen molar-refractivity contribution in [2.75, 3.05) is 14.1 Å². The van der Waals surface area contributed by atoms with Gasteiger partial charge in [0.25, 0.3) is 5.91 Å². The molecule has 6 N–H and O–H groups in total. The minimum absolute atomic E-state index is 0.0290. The van der Waals surface area contributed by atoms with Crippen molar-refractivity contribution < 1.29 is 39.6 Å². The lowest BCUT2D eigenvalue weighted by Crippen LogP contribution is -2.63. The van der Waals surface area contributed by atoms with Gasteiger partial charge in [-0.1, -0.05) is 0 Å². The van der Waals surface area contributed by atoms with Gasteiger partial charge in [-0.25, -0.2) is 0 Å². The summed E-state index contributed by atoms with van der Waals surface area (Å²) in [4.78, 5) is 52.1. The summed E-state index contributed by atoms with van der Waals surface area (Å²) in [6.07, 6.45) is 0.0522. The Morgan fingerprint density at radius 2 is 1.79 bits per heavy atom. The van der Waals surface area contributed by atoms with Crippen LogP contribution in [0, 0.1) is 11.8 Å². The molecule has 10 heteroatoms. The van der Waals surface area contributed by atoms with Gasteiger partial charge in [-0.2, -0.15) is 0 Å². The average molecular weight is 456 g/mol. The summed E-state index contributed by atoms with van der Waals surface area (Å²) >= 11 is 0. The molecule has 4 rings (SSSR count). The summed E-state index contributed by atoms with van der Waals surface area (Å²) in [5, 5.41) is 43.7. The van der Waals surface area contributed by atoms with Crippen LogP contribution in [-0.4, -0.2) is 74.3 Å². The van der Waals surface area contributed by atoms with Crippen molar-refractivity contribution in [3.05, 3.63) is 51.5 Å². The second kappa shape index (κ2) is 7.26. The van der Waals surface area contributed by atoms with E-state index in [1.807, 2.05) is 0 Å². The number of benzene rings is 1. The molecule has 10 nitrogen and oxygen atoms in total. The number of aliphatic hydroxyl groups is 3. The molecule has 4 atom stereocenters. The molecule has 0 fully saturated rings. The molecular formula is C23H24N2O8. The number of phenols is 1. The number of nitrogens with zero attached hydrogens (tertiary/aromatic N) is 1. The zero-order valence-electron chi connectivity index (χ0n) is 18.2. The number of carbonyl (C=O) groups excluding carboxylic acids is 4. The van der Waals surface area contributed by atoms with Crippen LogP contribution in [0.4, 0.5) is 0 Å². The van der Waals surface area contributed by atoms with Gasteiger partial charge in [-0.05, 0) is 57.5 Å². The molecule has 3 aliphatic carbocycles. The quantitative estimate of drug-likeness (QED) is 0.316. The number of nitrogens with two attached hydrogens (primary N) is 1. The normalized spacial score (nSPS) is 29.1. The summed E-state index contributed by atoms with van der Waals surface area (Å²) in [5.41, 5.74) is 1.88. The fourth-order valence-corrected chi connectivity index (χ4v) is 5.58. The fourth-order valence-electron chi connectivity index (χ4n) is 5.58. The smallest absolute Gasteiger partial charge is 0.255 e. The maximum Gasteiger partial charge on any atom is 0.255 e. The van der Waals surface area contributed by atoms with E-state index in [2.05, 4.69) is 0 Å². The van der Waals surface area contributed by atoms with Gasteiger partial charge in [0.05, 0.1) is 11.6 Å². The van der Waals surface area contributed by atoms with E-state index in [-0.39, 0.29) is 35.3 Å². The number of allylic oxidation sites excluding steroid dienone is 1. The Morgan fingerprint density at radius 1 is 1.15 bits per heavy atom. The molecule has 1 aromatic carbocycles. The molecular weight excluding hydrogens is 432 g/mol. The number of amides is 1. The SMILES string of the molecule is CC(=O)c1ccc(O)c2c1C[C@@H]1C[C@@H]3[C@@H](N(C)C)C(O)=C(C(N)=O)C(=O)[C@]3(O)C(O)=C1C2=O. The van der Waals surface area contributed by atoms with Gasteiger partial charge in [0.1, 0.15) is 22.8 Å². The number of hydrogen-bond acceptors (Lipinski definition) is 9. The van der Waals surface area contributed by atoms with Crippen molar-refractivity contribution in [1.29, 1.82) is 0 Å². The number of likely N-dealkylation sites (N-methyl/N-ethyl adjacent to an activating group) is 1. The maximum atomic E-state index is 13.4. The van der Waals surface area contributed by atoms with Crippen LogP contribution in [0.2, 0.25) is 0 Å². The van der Waals surface area contributed by atoms with Crippen LogP contribution < -0.4 is 5.73 Å². The number of carbonyl (C=O) groups is 4. The molecule has 0 radical (unpaired) electrons. The molecule has 174 valence electrons. The van der Waals surface area contributed by atoms with E-state index in [1.165, 1.54) is 24.0 Å². The second-order valence-electron chi connectivity index (χ2n) is 9.01. The number of Topliss-reactive ketones (excluding diaryl/α,β-unsaturated/α-hetero) is 3. The molecule has 1 amide bonds. The fraction of sp³-hybridized carbons (Fsp3) is 0.391. The molecule has 0 spiro atoms. The number of hydrogen-bond donors (Lipinski definition) is 5. The Balaban J connectivity index is 1.99. The number of aliphatic hydroxyl groups excluding tert-OH is 2. The molecule has 0 saturated heterocycles. The molecule has 33 heavy (non-hydrogen) atoms. The van der Waals surface area contributed by atoms with Gasteiger partial charge in [0.15, 0.2) is 17.2 Å². The molecule has 0 aromatic heterocycles. The van der Waals surface area contributed by atoms with E-state index in [0.29, 0.717) is 5.56 Å². The van der Waals surface area contributed by atoms with Gasteiger partial charge in [0, 0.05) is 17.1 Å². The topological polar surface area (TPSA) is 178 Å². The van der Waals surface area contributed by atoms with Crippen LogP contribution in [0.1, 0.15) is 39.6 Å². The molecule has 0 aliphatic heterocycles. The number of fused-ring (bicyclic) bond motifs is 3. The molecule has 0 heterocycles. The van der Waals surface area contributed by atoms with Crippen molar-refractivity contribution in [3.8, 4) is 5.75 Å². The minimum atomic E-state index is -2.68. The number of aromatic hydroxyl groups is 1. The van der Waals surface area contributed by atoms with Crippen LogP contribution in [0.5, 0.6) is 5.75 Å². The van der Waals surface area contributed by atoms with Crippen LogP contribution in [0.25, 0.3) is 0 Å². The molecule has 1 aromatic rings. The molecule has 3 aliphatic rings. The highest BCUT2D eigenvalue weighted by molar-refractivity contribution is 6.25. The lowest BCUT2D eigenvalue weighted by Gasteiger charge is -2.50. The first-order valence-electron chi connectivity index (χ1n) is 10.3. The van der Waals surface area contributed by atoms with E-state index >= 15 is 0 Å². The lowest BCUT2D eigenvalue weighted by atomic mass is 9.58. The van der Waals surface area contributed by atoms with E-state index in [4.69, 9.17) is 5.73 Å². The first kappa shape index (κ1) is 22.7. The third-order valence-corrected chi connectivity index (χ3v) is 6.99. The van der Waals surface area contributed by atoms with Crippen LogP contribution >= 0.6 is 0 Å². The van der Waals surface area contributed by atoms with Crippen LogP contribution in [0.3, 0.4) is 0 Å². The molecule has 0 bridgehead atoms. The van der Waals surface area contributed by atoms with Crippen molar-refractivity contribution in [1.82, 2.24) is 4.90 Å². The Bertz CT molecular complexity index is 1210. The van der Waals surface area contributed by atoms with Crippen molar-refractivity contribution in [3.63, 3.8) is 0 Å². The van der Waals surface area contributed by atoms with E-state index in [1.54, 1.807) is 14.1 Å². The number of rotatable bonds is 3. The zero-order valence-corrected chi connectivity index (χ0v) is 18.2. The van der Waals surface area contributed by atoms with E-state index in [9.17, 15) is 39.6 Å². The third-order valence-electron chi connectivity index (χ3n) is 6.99. The van der Waals surface area contributed by atoms with Gasteiger partial charge in [0.2, 0.25) is 5.78 Å². The first-order chi connectivity index (χ1) is 15.3. The summed E-state index contributed by atoms with van der Waals surface area (Å²) in [5.74, 6) is -7.49. The zero-order chi connectivity index (χ0) is 24.6. The van der Waals surface area contributed by atoms with Crippen molar-refractivity contribution in [2.24, 2.45) is 17.6 Å². The van der Waals surface area contributed by atoms with Crippen LogP contribution in [-0.2, 0) is 16.0 Å². The minimum Gasteiger partial charge on any atom is -0.510 e. The van der Waals surface area contributed by atoms with Gasteiger partial charge in [-0.15, -0.1) is 0 Å². The maximum absolute atomic E-state index is 13.4. The number of phenolic OH excluding ortho intramolecular Hbond substituents is 1. The molecule has 0 unspecified atom stereocenters. The summed E-state index contributed by atoms with van der Waals surface area (Å²) in [7, 11) is 3.11. The Labute approximate surface area is 188 Å². The van der Waals surface area contributed by atoms with E-state index < -0.39 is 63.8 Å². The predicted octanol–water partition coefficient (Wildman–Crippen LogP) is 0.323. The van der Waals surface area contributed by atoms with E-state index in [0.717, 1.165) is 0 Å². The Morgan fingerprint density at radius 3 is 2.33 bits per heavy atom. The number of primary amides is 1. The largest absolute Gasteiger partial charge is 0.510 e. The highest BCUT2D eigenvalue weighted by Gasteiger charge is 2.63. The van der Waals surface area contributed by atoms with Crippen molar-refractivity contribution >= 4 is 23.3 Å². The average Bonchev–Trinajstić information content (AvgIpc) is 2.70. The monoisotopic (exact) mass is 456 g/mol. The lowest BCUT2D eigenvalue weighted by molar-refractivity contribution is -0.148. The highest BCUT2D eigenvalue weighted by Crippen LogP contribution is 2.52. The van der Waals surface area contributed by atoms with Gasteiger partial charge >= 0.3 is 0 Å².